The molecule has 0 aromatic carbocycles. The second kappa shape index (κ2) is 4.97. The zero-order chi connectivity index (χ0) is 10.4. The molecule has 14 heavy (non-hydrogen) atoms. The van der Waals surface area contributed by atoms with Gasteiger partial charge in [-0.3, -0.25) is 0 Å². The van der Waals surface area contributed by atoms with E-state index in [9.17, 15) is 4.79 Å². The van der Waals surface area contributed by atoms with Crippen LogP contribution in [0.2, 0.25) is 0 Å². The van der Waals surface area contributed by atoms with Gasteiger partial charge in [0.1, 0.15) is 11.5 Å². The van der Waals surface area contributed by atoms with Crippen LogP contribution in [0.1, 0.15) is 18.4 Å². The van der Waals surface area contributed by atoms with Gasteiger partial charge < -0.3 is 4.74 Å². The molecule has 0 atom stereocenters. The van der Waals surface area contributed by atoms with Gasteiger partial charge >= 0.3 is 5.97 Å². The maximum Gasteiger partial charge on any atom is 0.384 e. The van der Waals surface area contributed by atoms with E-state index in [1.54, 1.807) is 26.1 Å². The van der Waals surface area contributed by atoms with Gasteiger partial charge in [0, 0.05) is 12.1 Å². The summed E-state index contributed by atoms with van der Waals surface area (Å²) < 4.78 is 4.64. The number of aryl methyl sites for hydroxylation is 1. The van der Waals surface area contributed by atoms with Crippen molar-refractivity contribution < 1.29 is 9.53 Å². The van der Waals surface area contributed by atoms with Crippen LogP contribution in [0.5, 0.6) is 0 Å². The molecular weight excluding hydrogens is 180 g/mol. The molecule has 1 rings (SSSR count). The van der Waals surface area contributed by atoms with Crippen LogP contribution in [-0.4, -0.2) is 22.5 Å². The minimum absolute atomic E-state index is 0.330. The summed E-state index contributed by atoms with van der Waals surface area (Å²) in [4.78, 5) is 18.8. The largest absolute Gasteiger partial charge is 0.456 e. The van der Waals surface area contributed by atoms with E-state index in [1.165, 1.54) is 0 Å². The van der Waals surface area contributed by atoms with Crippen LogP contribution >= 0.6 is 0 Å². The maximum atomic E-state index is 10.9. The van der Waals surface area contributed by atoms with Crippen molar-refractivity contribution >= 4 is 5.97 Å². The summed E-state index contributed by atoms with van der Waals surface area (Å²) in [5.41, 5.74) is 0.519. The van der Waals surface area contributed by atoms with E-state index in [2.05, 4.69) is 26.5 Å². The molecule has 4 heteroatoms. The summed E-state index contributed by atoms with van der Waals surface area (Å²) in [6.45, 7) is 3.82. The van der Waals surface area contributed by atoms with Gasteiger partial charge in [0.2, 0.25) is 0 Å². The average molecular weight is 190 g/mol. The number of nitrogens with zero attached hydrogens (tertiary/aromatic N) is 2. The van der Waals surface area contributed by atoms with Crippen molar-refractivity contribution in [1.82, 2.24) is 9.97 Å². The molecule has 0 bridgehead atoms. The third-order valence-electron chi connectivity index (χ3n) is 1.34. The quantitative estimate of drug-likeness (QED) is 0.483. The minimum Gasteiger partial charge on any atom is -0.456 e. The van der Waals surface area contributed by atoms with Gasteiger partial charge in [0.15, 0.2) is 0 Å². The first-order chi connectivity index (χ1) is 6.72. The van der Waals surface area contributed by atoms with Crippen molar-refractivity contribution in [3.63, 3.8) is 0 Å². The second-order valence-electron chi connectivity index (χ2n) is 2.46. The number of ether oxygens (including phenoxy) is 1. The molecule has 0 fully saturated rings. The molecule has 0 N–H and O–H groups in total. The van der Waals surface area contributed by atoms with Crippen LogP contribution in [0.3, 0.4) is 0 Å². The van der Waals surface area contributed by atoms with Gasteiger partial charge in [0.25, 0.3) is 0 Å². The zero-order valence-electron chi connectivity index (χ0n) is 8.07. The molecule has 0 aliphatic heterocycles. The molecular formula is C10H10N2O2. The third-order valence-corrected chi connectivity index (χ3v) is 1.34. The van der Waals surface area contributed by atoms with Crippen molar-refractivity contribution in [2.24, 2.45) is 0 Å². The molecule has 0 saturated carbocycles. The third kappa shape index (κ3) is 3.23. The lowest BCUT2D eigenvalue weighted by molar-refractivity contribution is -0.136. The van der Waals surface area contributed by atoms with Gasteiger partial charge in [-0.15, -0.1) is 0 Å². The standard InChI is InChI=1S/C10H10N2O2/c1-3-14-10(13)5-4-9-6-7-11-8(2)12-9/h6-7H,3H2,1-2H3. The molecule has 0 spiro atoms. The van der Waals surface area contributed by atoms with Gasteiger partial charge in [-0.1, -0.05) is 0 Å². The van der Waals surface area contributed by atoms with E-state index < -0.39 is 5.97 Å². The Kier molecular flexibility index (Phi) is 3.62. The summed E-state index contributed by atoms with van der Waals surface area (Å²) in [6, 6.07) is 1.64. The van der Waals surface area contributed by atoms with E-state index in [4.69, 9.17) is 0 Å². The molecule has 4 nitrogen and oxygen atoms in total. The molecule has 0 aliphatic carbocycles. The topological polar surface area (TPSA) is 52.1 Å². The number of esters is 1. The Morgan fingerprint density at radius 2 is 2.43 bits per heavy atom. The van der Waals surface area contributed by atoms with Crippen LogP contribution in [0.15, 0.2) is 12.3 Å². The Bertz CT molecular complexity index is 391. The van der Waals surface area contributed by atoms with Gasteiger partial charge in [-0.2, -0.15) is 0 Å². The van der Waals surface area contributed by atoms with E-state index >= 15 is 0 Å². The van der Waals surface area contributed by atoms with Crippen molar-refractivity contribution in [3.8, 4) is 11.8 Å². The van der Waals surface area contributed by atoms with Crippen molar-refractivity contribution in [3.05, 3.63) is 23.8 Å². The Balaban J connectivity index is 2.72. The minimum atomic E-state index is -0.538. The van der Waals surface area contributed by atoms with E-state index in [0.717, 1.165) is 0 Å². The molecule has 0 saturated heterocycles. The van der Waals surface area contributed by atoms with Crippen molar-refractivity contribution in [2.45, 2.75) is 13.8 Å². The molecule has 1 aromatic rings. The first kappa shape index (κ1) is 10.2. The Morgan fingerprint density at radius 3 is 3.07 bits per heavy atom. The molecule has 1 heterocycles. The molecule has 1 aromatic heterocycles. The number of aromatic nitrogens is 2. The van der Waals surface area contributed by atoms with Crippen LogP contribution in [0, 0.1) is 18.8 Å². The lowest BCUT2D eigenvalue weighted by atomic mass is 10.4. The molecule has 72 valence electrons. The first-order valence-electron chi connectivity index (χ1n) is 4.21. The fraction of sp³-hybridized carbons (Fsp3) is 0.300. The van der Waals surface area contributed by atoms with Crippen LogP contribution in [0.25, 0.3) is 0 Å². The number of carbonyl (C=O) groups excluding carboxylic acids is 1. The predicted octanol–water partition coefficient (Wildman–Crippen LogP) is 0.700. The Morgan fingerprint density at radius 1 is 1.64 bits per heavy atom. The first-order valence-corrected chi connectivity index (χ1v) is 4.21. The number of rotatable bonds is 1. The average Bonchev–Trinajstić information content (AvgIpc) is 2.15. The number of carbonyl (C=O) groups is 1. The Labute approximate surface area is 82.3 Å². The summed E-state index contributed by atoms with van der Waals surface area (Å²) in [5.74, 6) is 5.01. The summed E-state index contributed by atoms with van der Waals surface area (Å²) >= 11 is 0. The zero-order valence-corrected chi connectivity index (χ0v) is 8.07. The normalized spacial score (nSPS) is 8.71. The highest BCUT2D eigenvalue weighted by Gasteiger charge is 1.94. The Hall–Kier alpha value is -1.89. The highest BCUT2D eigenvalue weighted by Crippen LogP contribution is 1.91. The SMILES string of the molecule is CCOC(=O)C#Cc1ccnc(C)n1. The van der Waals surface area contributed by atoms with E-state index in [0.29, 0.717) is 18.1 Å². The molecule has 0 amide bonds. The fourth-order valence-corrected chi connectivity index (χ4v) is 0.808. The summed E-state index contributed by atoms with van der Waals surface area (Å²) in [6.07, 6.45) is 1.59. The van der Waals surface area contributed by atoms with Gasteiger partial charge in [-0.05, 0) is 25.8 Å². The fourth-order valence-electron chi connectivity index (χ4n) is 0.808. The number of hydrogen-bond donors (Lipinski definition) is 0. The van der Waals surface area contributed by atoms with Crippen molar-refractivity contribution in [2.75, 3.05) is 6.61 Å². The smallest absolute Gasteiger partial charge is 0.384 e. The second-order valence-corrected chi connectivity index (χ2v) is 2.46. The highest BCUT2D eigenvalue weighted by molar-refractivity contribution is 5.88. The maximum absolute atomic E-state index is 10.9. The van der Waals surface area contributed by atoms with Crippen LogP contribution in [-0.2, 0) is 9.53 Å². The van der Waals surface area contributed by atoms with Crippen LogP contribution in [0.4, 0.5) is 0 Å². The van der Waals surface area contributed by atoms with E-state index in [-0.39, 0.29) is 0 Å². The monoisotopic (exact) mass is 190 g/mol. The summed E-state index contributed by atoms with van der Waals surface area (Å²) in [5, 5.41) is 0. The summed E-state index contributed by atoms with van der Waals surface area (Å²) in [7, 11) is 0. The van der Waals surface area contributed by atoms with Gasteiger partial charge in [0.05, 0.1) is 6.61 Å². The van der Waals surface area contributed by atoms with E-state index in [1.807, 2.05) is 0 Å². The lowest BCUT2D eigenvalue weighted by Gasteiger charge is -1.92. The molecule has 0 radical (unpaired) electrons. The van der Waals surface area contributed by atoms with Crippen LogP contribution < -0.4 is 0 Å². The predicted molar refractivity (Wildman–Crippen MR) is 50.3 cm³/mol. The number of hydrogen-bond acceptors (Lipinski definition) is 4. The highest BCUT2D eigenvalue weighted by atomic mass is 16.5. The molecule has 0 aliphatic rings. The van der Waals surface area contributed by atoms with Crippen molar-refractivity contribution in [1.29, 1.82) is 0 Å². The lowest BCUT2D eigenvalue weighted by Crippen LogP contribution is -2.00. The molecule has 0 unspecified atom stereocenters. The van der Waals surface area contributed by atoms with Gasteiger partial charge in [-0.25, -0.2) is 14.8 Å².